The predicted octanol–water partition coefficient (Wildman–Crippen LogP) is 1.60. The van der Waals surface area contributed by atoms with Crippen LogP contribution in [0, 0.1) is 0 Å². The Hall–Kier alpha value is -0.0600. The van der Waals surface area contributed by atoms with Gasteiger partial charge < -0.3 is 4.74 Å². The SMILES string of the molecule is O=C1CC/C(=C/I)O1. The highest BCUT2D eigenvalue weighted by Gasteiger charge is 2.15. The second kappa shape index (κ2) is 2.48. The van der Waals surface area contributed by atoms with E-state index in [9.17, 15) is 4.79 Å². The molecule has 0 spiro atoms. The minimum Gasteiger partial charge on any atom is -0.431 e. The molecule has 1 fully saturated rings. The summed E-state index contributed by atoms with van der Waals surface area (Å²) in [7, 11) is 0. The van der Waals surface area contributed by atoms with Gasteiger partial charge in [0.1, 0.15) is 5.76 Å². The lowest BCUT2D eigenvalue weighted by Crippen LogP contribution is -1.88. The summed E-state index contributed by atoms with van der Waals surface area (Å²) in [5.41, 5.74) is 0. The normalized spacial score (nSPS) is 24.1. The van der Waals surface area contributed by atoms with E-state index in [-0.39, 0.29) is 5.97 Å². The van der Waals surface area contributed by atoms with Crippen molar-refractivity contribution < 1.29 is 9.53 Å². The number of carbonyl (C=O) groups excluding carboxylic acids is 1. The van der Waals surface area contributed by atoms with Gasteiger partial charge in [-0.05, 0) is 22.6 Å². The van der Waals surface area contributed by atoms with Crippen molar-refractivity contribution in [1.29, 1.82) is 0 Å². The van der Waals surface area contributed by atoms with Crippen LogP contribution in [0.4, 0.5) is 0 Å². The van der Waals surface area contributed by atoms with Crippen molar-refractivity contribution in [3.63, 3.8) is 0 Å². The second-order valence-electron chi connectivity index (χ2n) is 1.55. The summed E-state index contributed by atoms with van der Waals surface area (Å²) in [6, 6.07) is 0. The Labute approximate surface area is 61.0 Å². The van der Waals surface area contributed by atoms with Gasteiger partial charge >= 0.3 is 5.97 Å². The highest BCUT2D eigenvalue weighted by molar-refractivity contribution is 14.1. The maximum Gasteiger partial charge on any atom is 0.311 e. The molecular formula is C5H5IO2. The van der Waals surface area contributed by atoms with Crippen molar-refractivity contribution in [2.75, 3.05) is 0 Å². The Morgan fingerprint density at radius 2 is 2.38 bits per heavy atom. The van der Waals surface area contributed by atoms with Gasteiger partial charge in [-0.2, -0.15) is 0 Å². The number of ether oxygens (including phenoxy) is 1. The highest BCUT2D eigenvalue weighted by Crippen LogP contribution is 2.18. The van der Waals surface area contributed by atoms with Gasteiger partial charge in [-0.1, -0.05) is 0 Å². The molecule has 0 radical (unpaired) electrons. The summed E-state index contributed by atoms with van der Waals surface area (Å²) in [4.78, 5) is 10.3. The predicted molar refractivity (Wildman–Crippen MR) is 37.4 cm³/mol. The van der Waals surface area contributed by atoms with E-state index in [0.29, 0.717) is 6.42 Å². The van der Waals surface area contributed by atoms with E-state index < -0.39 is 0 Å². The molecule has 1 aliphatic rings. The average Bonchev–Trinajstić information content (AvgIpc) is 2.14. The maximum absolute atomic E-state index is 10.3. The van der Waals surface area contributed by atoms with E-state index in [1.54, 1.807) is 4.08 Å². The van der Waals surface area contributed by atoms with Crippen LogP contribution in [0.25, 0.3) is 0 Å². The van der Waals surface area contributed by atoms with Crippen LogP contribution < -0.4 is 0 Å². The third-order valence-corrected chi connectivity index (χ3v) is 1.64. The summed E-state index contributed by atoms with van der Waals surface area (Å²) < 4.78 is 6.52. The van der Waals surface area contributed by atoms with Crippen LogP contribution in [-0.4, -0.2) is 5.97 Å². The van der Waals surface area contributed by atoms with Gasteiger partial charge in [0.05, 0.1) is 6.42 Å². The molecule has 0 saturated carbocycles. The largest absolute Gasteiger partial charge is 0.431 e. The summed E-state index contributed by atoms with van der Waals surface area (Å²) in [5, 5.41) is 0. The van der Waals surface area contributed by atoms with Crippen molar-refractivity contribution in [2.45, 2.75) is 12.8 Å². The number of carbonyl (C=O) groups is 1. The van der Waals surface area contributed by atoms with Crippen LogP contribution in [0.2, 0.25) is 0 Å². The Morgan fingerprint density at radius 3 is 2.62 bits per heavy atom. The standard InChI is InChI=1S/C5H5IO2/c6-3-4-1-2-5(7)8-4/h3H,1-2H2/b4-3-. The monoisotopic (exact) mass is 224 g/mol. The first-order valence-electron chi connectivity index (χ1n) is 2.33. The first kappa shape index (κ1) is 6.07. The van der Waals surface area contributed by atoms with E-state index in [1.165, 1.54) is 0 Å². The van der Waals surface area contributed by atoms with Crippen molar-refractivity contribution in [3.8, 4) is 0 Å². The molecule has 3 heteroatoms. The Morgan fingerprint density at radius 1 is 1.62 bits per heavy atom. The number of allylic oxidation sites excluding steroid dienone is 1. The van der Waals surface area contributed by atoms with E-state index in [4.69, 9.17) is 4.74 Å². The molecule has 0 bridgehead atoms. The van der Waals surface area contributed by atoms with Gasteiger partial charge in [-0.15, -0.1) is 0 Å². The molecule has 0 aromatic rings. The third-order valence-electron chi connectivity index (χ3n) is 0.942. The number of esters is 1. The Balaban J connectivity index is 2.56. The number of hydrogen-bond acceptors (Lipinski definition) is 2. The van der Waals surface area contributed by atoms with Crippen LogP contribution >= 0.6 is 22.6 Å². The summed E-state index contributed by atoms with van der Waals surface area (Å²) in [6.07, 6.45) is 1.33. The van der Waals surface area contributed by atoms with Crippen LogP contribution in [0.5, 0.6) is 0 Å². The molecule has 1 rings (SSSR count). The quantitative estimate of drug-likeness (QED) is 0.461. The van der Waals surface area contributed by atoms with Crippen LogP contribution in [0.15, 0.2) is 9.84 Å². The number of halogens is 1. The van der Waals surface area contributed by atoms with Gasteiger partial charge in [0.2, 0.25) is 0 Å². The second-order valence-corrected chi connectivity index (χ2v) is 2.17. The van der Waals surface area contributed by atoms with E-state index in [0.717, 1.165) is 12.2 Å². The zero-order chi connectivity index (χ0) is 5.98. The minimum absolute atomic E-state index is 0.104. The summed E-state index contributed by atoms with van der Waals surface area (Å²) in [5.74, 6) is 0.698. The summed E-state index contributed by atoms with van der Waals surface area (Å²) in [6.45, 7) is 0. The maximum atomic E-state index is 10.3. The van der Waals surface area contributed by atoms with Crippen molar-refractivity contribution >= 4 is 28.6 Å². The Bertz CT molecular complexity index is 139. The van der Waals surface area contributed by atoms with Crippen LogP contribution in [-0.2, 0) is 9.53 Å². The summed E-state index contributed by atoms with van der Waals surface area (Å²) >= 11 is 2.06. The fourth-order valence-electron chi connectivity index (χ4n) is 0.550. The first-order valence-corrected chi connectivity index (χ1v) is 3.57. The molecule has 1 aliphatic heterocycles. The number of cyclic esters (lactones) is 1. The third kappa shape index (κ3) is 1.21. The van der Waals surface area contributed by atoms with Crippen molar-refractivity contribution in [1.82, 2.24) is 0 Å². The first-order chi connectivity index (χ1) is 3.83. The molecule has 0 amide bonds. The van der Waals surface area contributed by atoms with Gasteiger partial charge in [0, 0.05) is 10.5 Å². The van der Waals surface area contributed by atoms with Crippen molar-refractivity contribution in [2.24, 2.45) is 0 Å². The lowest BCUT2D eigenvalue weighted by Gasteiger charge is -1.88. The molecule has 44 valence electrons. The molecule has 0 aromatic heterocycles. The van der Waals surface area contributed by atoms with Gasteiger partial charge in [0.25, 0.3) is 0 Å². The topological polar surface area (TPSA) is 26.3 Å². The molecule has 0 N–H and O–H groups in total. The molecule has 0 aliphatic carbocycles. The highest BCUT2D eigenvalue weighted by atomic mass is 127. The molecule has 0 unspecified atom stereocenters. The molecule has 0 aromatic carbocycles. The molecule has 1 saturated heterocycles. The zero-order valence-electron chi connectivity index (χ0n) is 4.19. The van der Waals surface area contributed by atoms with Crippen molar-refractivity contribution in [3.05, 3.63) is 9.84 Å². The fraction of sp³-hybridized carbons (Fsp3) is 0.400. The zero-order valence-corrected chi connectivity index (χ0v) is 6.34. The number of rotatable bonds is 0. The van der Waals surface area contributed by atoms with E-state index >= 15 is 0 Å². The molecule has 8 heavy (non-hydrogen) atoms. The number of hydrogen-bond donors (Lipinski definition) is 0. The van der Waals surface area contributed by atoms with E-state index in [1.807, 2.05) is 0 Å². The molecule has 1 heterocycles. The molecule has 0 atom stereocenters. The molecule has 2 nitrogen and oxygen atoms in total. The van der Waals surface area contributed by atoms with Crippen LogP contribution in [0.3, 0.4) is 0 Å². The Kier molecular flexibility index (Phi) is 1.88. The van der Waals surface area contributed by atoms with Gasteiger partial charge in [-0.25, -0.2) is 0 Å². The smallest absolute Gasteiger partial charge is 0.311 e. The minimum atomic E-state index is -0.104. The van der Waals surface area contributed by atoms with E-state index in [2.05, 4.69) is 22.6 Å². The molecular weight excluding hydrogens is 219 g/mol. The fourth-order valence-corrected chi connectivity index (χ4v) is 0.989. The van der Waals surface area contributed by atoms with Crippen LogP contribution in [0.1, 0.15) is 12.8 Å². The van der Waals surface area contributed by atoms with Gasteiger partial charge in [0.15, 0.2) is 0 Å². The average molecular weight is 224 g/mol. The van der Waals surface area contributed by atoms with Gasteiger partial charge in [-0.3, -0.25) is 4.79 Å². The lowest BCUT2D eigenvalue weighted by atomic mass is 10.3. The lowest BCUT2D eigenvalue weighted by molar-refractivity contribution is -0.135.